The van der Waals surface area contributed by atoms with Gasteiger partial charge in [0.1, 0.15) is 0 Å². The highest BCUT2D eigenvalue weighted by Crippen LogP contribution is 2.10. The summed E-state index contributed by atoms with van der Waals surface area (Å²) in [4.78, 5) is 6.35. The van der Waals surface area contributed by atoms with Crippen molar-refractivity contribution in [2.24, 2.45) is 7.05 Å². The van der Waals surface area contributed by atoms with E-state index in [1.807, 2.05) is 32.2 Å². The van der Waals surface area contributed by atoms with Crippen molar-refractivity contribution >= 4 is 5.95 Å². The van der Waals surface area contributed by atoms with Crippen LogP contribution in [-0.4, -0.2) is 57.1 Å². The number of anilines is 1. The van der Waals surface area contributed by atoms with Crippen LogP contribution in [0, 0.1) is 0 Å². The van der Waals surface area contributed by atoms with Crippen LogP contribution in [0.2, 0.25) is 0 Å². The molecule has 0 aliphatic heterocycles. The molecule has 0 aromatic carbocycles. The fraction of sp³-hybridized carbons (Fsp3) is 0.750. The number of methoxy groups -OCH3 is 2. The summed E-state index contributed by atoms with van der Waals surface area (Å²) in [6.07, 6.45) is 1.97. The minimum absolute atomic E-state index is 0.0801. The van der Waals surface area contributed by atoms with Crippen molar-refractivity contribution in [2.75, 3.05) is 46.4 Å². The summed E-state index contributed by atoms with van der Waals surface area (Å²) in [6.45, 7) is 2.12. The monoisotopic (exact) mass is 256 g/mol. The molecule has 1 unspecified atom stereocenters. The minimum Gasteiger partial charge on any atom is -0.382 e. The molecule has 1 atom stereocenters. The van der Waals surface area contributed by atoms with Crippen LogP contribution < -0.4 is 10.2 Å². The van der Waals surface area contributed by atoms with Crippen molar-refractivity contribution in [1.29, 1.82) is 0 Å². The van der Waals surface area contributed by atoms with E-state index in [9.17, 15) is 0 Å². The van der Waals surface area contributed by atoms with Gasteiger partial charge in [-0.15, -0.1) is 0 Å². The summed E-state index contributed by atoms with van der Waals surface area (Å²) in [6, 6.07) is 0. The average Bonchev–Trinajstić information content (AvgIpc) is 2.70. The molecule has 0 fully saturated rings. The molecule has 0 radical (unpaired) electrons. The summed E-state index contributed by atoms with van der Waals surface area (Å²) < 4.78 is 12.4. The standard InChI is InChI=1S/C12H24N4O2/c1-15(2)12-14-7-10(16(12)3)6-13-8-11(18-5)9-17-4/h7,11,13H,6,8-9H2,1-5H3. The van der Waals surface area contributed by atoms with Gasteiger partial charge in [0.25, 0.3) is 0 Å². The Labute approximate surface area is 109 Å². The number of hydrogen-bond acceptors (Lipinski definition) is 5. The molecule has 0 aliphatic carbocycles. The summed E-state index contributed by atoms with van der Waals surface area (Å²) in [7, 11) is 9.36. The third kappa shape index (κ3) is 3.97. The second-order valence-electron chi connectivity index (χ2n) is 4.45. The molecule has 6 heteroatoms. The molecule has 0 spiro atoms. The van der Waals surface area contributed by atoms with Gasteiger partial charge in [0.15, 0.2) is 0 Å². The number of aromatic nitrogens is 2. The molecule has 1 rings (SSSR count). The molecule has 1 N–H and O–H groups in total. The lowest BCUT2D eigenvalue weighted by atomic mass is 10.3. The first-order valence-electron chi connectivity index (χ1n) is 6.00. The van der Waals surface area contributed by atoms with Crippen LogP contribution in [0.4, 0.5) is 5.95 Å². The lowest BCUT2D eigenvalue weighted by Gasteiger charge is -2.16. The molecule has 1 heterocycles. The van der Waals surface area contributed by atoms with Gasteiger partial charge >= 0.3 is 0 Å². The molecule has 0 amide bonds. The van der Waals surface area contributed by atoms with Crippen LogP contribution in [0.25, 0.3) is 0 Å². The van der Waals surface area contributed by atoms with Gasteiger partial charge in [-0.3, -0.25) is 0 Å². The number of ether oxygens (including phenoxy) is 2. The molecule has 0 aliphatic rings. The normalized spacial score (nSPS) is 12.7. The highest BCUT2D eigenvalue weighted by atomic mass is 16.5. The number of hydrogen-bond donors (Lipinski definition) is 1. The third-order valence-corrected chi connectivity index (χ3v) is 2.82. The maximum atomic E-state index is 5.28. The lowest BCUT2D eigenvalue weighted by Crippen LogP contribution is -2.32. The van der Waals surface area contributed by atoms with E-state index in [1.54, 1.807) is 14.2 Å². The second kappa shape index (κ2) is 7.35. The van der Waals surface area contributed by atoms with Gasteiger partial charge in [0, 0.05) is 48.5 Å². The van der Waals surface area contributed by atoms with Gasteiger partial charge in [-0.2, -0.15) is 0 Å². The first-order chi connectivity index (χ1) is 8.60. The van der Waals surface area contributed by atoms with Crippen LogP contribution in [0.5, 0.6) is 0 Å². The molecule has 104 valence electrons. The summed E-state index contributed by atoms with van der Waals surface area (Å²) in [5, 5.41) is 3.35. The van der Waals surface area contributed by atoms with Crippen LogP contribution in [0.3, 0.4) is 0 Å². The first kappa shape index (κ1) is 14.9. The van der Waals surface area contributed by atoms with Gasteiger partial charge in [0.2, 0.25) is 5.95 Å². The van der Waals surface area contributed by atoms with Gasteiger partial charge in [-0.05, 0) is 0 Å². The summed E-state index contributed by atoms with van der Waals surface area (Å²) >= 11 is 0. The molecule has 0 saturated carbocycles. The Kier molecular flexibility index (Phi) is 6.11. The number of imidazole rings is 1. The van der Waals surface area contributed by atoms with Crippen molar-refractivity contribution in [2.45, 2.75) is 12.6 Å². The van der Waals surface area contributed by atoms with Crippen LogP contribution in [0.1, 0.15) is 5.69 Å². The van der Waals surface area contributed by atoms with E-state index in [0.29, 0.717) is 6.61 Å². The second-order valence-corrected chi connectivity index (χ2v) is 4.45. The van der Waals surface area contributed by atoms with Gasteiger partial charge < -0.3 is 24.3 Å². The predicted octanol–water partition coefficient (Wildman–Crippen LogP) is 0.237. The summed E-state index contributed by atoms with van der Waals surface area (Å²) in [5.41, 5.74) is 1.14. The topological polar surface area (TPSA) is 51.5 Å². The smallest absolute Gasteiger partial charge is 0.204 e. The molecular weight excluding hydrogens is 232 g/mol. The molecule has 1 aromatic heterocycles. The molecule has 6 nitrogen and oxygen atoms in total. The first-order valence-corrected chi connectivity index (χ1v) is 6.00. The summed E-state index contributed by atoms with van der Waals surface area (Å²) in [5.74, 6) is 0.951. The number of rotatable bonds is 8. The molecular formula is C12H24N4O2. The van der Waals surface area contributed by atoms with Crippen molar-refractivity contribution < 1.29 is 9.47 Å². The highest BCUT2D eigenvalue weighted by Gasteiger charge is 2.09. The zero-order chi connectivity index (χ0) is 13.5. The third-order valence-electron chi connectivity index (χ3n) is 2.82. The van der Waals surface area contributed by atoms with E-state index in [1.165, 1.54) is 0 Å². The largest absolute Gasteiger partial charge is 0.382 e. The van der Waals surface area contributed by atoms with Crippen LogP contribution >= 0.6 is 0 Å². The Morgan fingerprint density at radius 1 is 1.44 bits per heavy atom. The van der Waals surface area contributed by atoms with Gasteiger partial charge in [-0.1, -0.05) is 0 Å². The predicted molar refractivity (Wildman–Crippen MR) is 71.9 cm³/mol. The minimum atomic E-state index is 0.0801. The quantitative estimate of drug-likeness (QED) is 0.722. The van der Waals surface area contributed by atoms with E-state index in [4.69, 9.17) is 9.47 Å². The van der Waals surface area contributed by atoms with E-state index in [2.05, 4.69) is 14.9 Å². The SMILES string of the molecule is COCC(CNCc1cnc(N(C)C)n1C)OC. The van der Waals surface area contributed by atoms with E-state index < -0.39 is 0 Å². The maximum absolute atomic E-state index is 5.28. The maximum Gasteiger partial charge on any atom is 0.204 e. The fourth-order valence-electron chi connectivity index (χ4n) is 1.77. The van der Waals surface area contributed by atoms with Gasteiger partial charge in [0.05, 0.1) is 24.6 Å². The Bertz CT molecular complexity index is 352. The zero-order valence-electron chi connectivity index (χ0n) is 11.9. The Morgan fingerprint density at radius 3 is 2.67 bits per heavy atom. The highest BCUT2D eigenvalue weighted by molar-refractivity contribution is 5.30. The van der Waals surface area contributed by atoms with Crippen molar-refractivity contribution in [3.05, 3.63) is 11.9 Å². The van der Waals surface area contributed by atoms with Crippen molar-refractivity contribution in [1.82, 2.24) is 14.9 Å². The van der Waals surface area contributed by atoms with E-state index >= 15 is 0 Å². The molecule has 0 bridgehead atoms. The Balaban J connectivity index is 2.44. The van der Waals surface area contributed by atoms with E-state index in [0.717, 1.165) is 24.7 Å². The number of nitrogens with zero attached hydrogens (tertiary/aromatic N) is 3. The van der Waals surface area contributed by atoms with Crippen molar-refractivity contribution in [3.63, 3.8) is 0 Å². The number of nitrogens with one attached hydrogen (secondary N) is 1. The lowest BCUT2D eigenvalue weighted by molar-refractivity contribution is 0.0287. The van der Waals surface area contributed by atoms with Crippen LogP contribution in [0.15, 0.2) is 6.20 Å². The van der Waals surface area contributed by atoms with E-state index in [-0.39, 0.29) is 6.10 Å². The molecule has 0 saturated heterocycles. The van der Waals surface area contributed by atoms with Crippen molar-refractivity contribution in [3.8, 4) is 0 Å². The fourth-order valence-corrected chi connectivity index (χ4v) is 1.77. The molecule has 18 heavy (non-hydrogen) atoms. The molecule has 1 aromatic rings. The van der Waals surface area contributed by atoms with Crippen LogP contribution in [-0.2, 0) is 23.1 Å². The van der Waals surface area contributed by atoms with Gasteiger partial charge in [-0.25, -0.2) is 4.98 Å². The Hall–Kier alpha value is -1.11. The Morgan fingerprint density at radius 2 is 2.17 bits per heavy atom. The zero-order valence-corrected chi connectivity index (χ0v) is 11.9. The average molecular weight is 256 g/mol.